The lowest BCUT2D eigenvalue weighted by Crippen LogP contribution is -2.30. The van der Waals surface area contributed by atoms with Crippen LogP contribution in [0.25, 0.3) is 0 Å². The summed E-state index contributed by atoms with van der Waals surface area (Å²) in [5.74, 6) is 1.48. The zero-order valence-corrected chi connectivity index (χ0v) is 11.3. The van der Waals surface area contributed by atoms with Gasteiger partial charge in [0.25, 0.3) is 0 Å². The highest BCUT2D eigenvalue weighted by atomic mass is 35.5. The zero-order valence-electron chi connectivity index (χ0n) is 10.4. The van der Waals surface area contributed by atoms with Crippen LogP contribution in [0.1, 0.15) is 50.2 Å². The first-order valence-corrected chi connectivity index (χ1v) is 6.37. The molecule has 1 fully saturated rings. The van der Waals surface area contributed by atoms with E-state index in [0.29, 0.717) is 6.04 Å². The lowest BCUT2D eigenvalue weighted by molar-refractivity contribution is 0.365. The van der Waals surface area contributed by atoms with Crippen molar-refractivity contribution < 1.29 is 4.52 Å². The van der Waals surface area contributed by atoms with Gasteiger partial charge in [-0.2, -0.15) is 4.98 Å². The Morgan fingerprint density at radius 3 is 2.53 bits per heavy atom. The van der Waals surface area contributed by atoms with E-state index in [9.17, 15) is 0 Å². The Labute approximate surface area is 109 Å². The predicted molar refractivity (Wildman–Crippen MR) is 69.5 cm³/mol. The van der Waals surface area contributed by atoms with Crippen molar-refractivity contribution in [2.24, 2.45) is 0 Å². The highest BCUT2D eigenvalue weighted by Crippen LogP contribution is 2.17. The van der Waals surface area contributed by atoms with E-state index in [-0.39, 0.29) is 12.4 Å². The van der Waals surface area contributed by atoms with Gasteiger partial charge in [-0.25, -0.2) is 0 Å². The van der Waals surface area contributed by atoms with Gasteiger partial charge >= 0.3 is 0 Å². The second kappa shape index (κ2) is 7.67. The maximum absolute atomic E-state index is 5.08. The Balaban J connectivity index is 0.00000144. The third kappa shape index (κ3) is 5.04. The molecule has 98 valence electrons. The van der Waals surface area contributed by atoms with Crippen molar-refractivity contribution in [2.75, 3.05) is 6.54 Å². The van der Waals surface area contributed by atoms with Gasteiger partial charge in [0.15, 0.2) is 5.82 Å². The normalized spacial score (nSPS) is 17.5. The Morgan fingerprint density at radius 1 is 1.24 bits per heavy atom. The number of halogens is 1. The summed E-state index contributed by atoms with van der Waals surface area (Å²) >= 11 is 0. The largest absolute Gasteiger partial charge is 0.339 e. The minimum atomic E-state index is 0. The van der Waals surface area contributed by atoms with Crippen molar-refractivity contribution >= 4 is 12.4 Å². The quantitative estimate of drug-likeness (QED) is 0.845. The van der Waals surface area contributed by atoms with E-state index in [2.05, 4.69) is 15.5 Å². The van der Waals surface area contributed by atoms with Crippen LogP contribution in [0, 0.1) is 6.92 Å². The summed E-state index contributed by atoms with van der Waals surface area (Å²) in [5, 5.41) is 7.37. The van der Waals surface area contributed by atoms with E-state index in [1.165, 1.54) is 38.5 Å². The molecular weight excluding hydrogens is 238 g/mol. The second-order valence-corrected chi connectivity index (χ2v) is 4.63. The molecule has 1 saturated carbocycles. The molecule has 0 atom stereocenters. The lowest BCUT2D eigenvalue weighted by atomic mass is 10.1. The van der Waals surface area contributed by atoms with Crippen LogP contribution in [0.15, 0.2) is 4.52 Å². The zero-order chi connectivity index (χ0) is 11.2. The molecule has 2 rings (SSSR count). The summed E-state index contributed by atoms with van der Waals surface area (Å²) in [7, 11) is 0. The van der Waals surface area contributed by atoms with Crippen molar-refractivity contribution in [1.29, 1.82) is 0 Å². The predicted octanol–water partition coefficient (Wildman–Crippen LogP) is 2.65. The molecule has 1 N–H and O–H groups in total. The number of hydrogen-bond donors (Lipinski definition) is 1. The molecule has 0 unspecified atom stereocenters. The van der Waals surface area contributed by atoms with Gasteiger partial charge in [0.05, 0.1) is 0 Å². The monoisotopic (exact) mass is 259 g/mol. The van der Waals surface area contributed by atoms with E-state index in [1.54, 1.807) is 0 Å². The molecule has 1 heterocycles. The molecular formula is C12H22ClN3O. The first-order valence-electron chi connectivity index (χ1n) is 6.37. The summed E-state index contributed by atoms with van der Waals surface area (Å²) in [6.07, 6.45) is 9.04. The van der Waals surface area contributed by atoms with Gasteiger partial charge in [-0.3, -0.25) is 0 Å². The molecule has 0 aliphatic heterocycles. The first-order chi connectivity index (χ1) is 7.84. The Bertz CT molecular complexity index is 308. The molecule has 1 aliphatic carbocycles. The molecule has 5 heteroatoms. The number of nitrogens with one attached hydrogen (secondary N) is 1. The second-order valence-electron chi connectivity index (χ2n) is 4.63. The Hall–Kier alpha value is -0.610. The molecule has 0 saturated heterocycles. The fraction of sp³-hybridized carbons (Fsp3) is 0.833. The van der Waals surface area contributed by atoms with Gasteiger partial charge in [0.2, 0.25) is 5.89 Å². The summed E-state index contributed by atoms with van der Waals surface area (Å²) in [4.78, 5) is 4.19. The van der Waals surface area contributed by atoms with Crippen molar-refractivity contribution in [3.8, 4) is 0 Å². The van der Waals surface area contributed by atoms with Crippen molar-refractivity contribution in [3.63, 3.8) is 0 Å². The van der Waals surface area contributed by atoms with Crippen LogP contribution in [0.4, 0.5) is 0 Å². The number of aryl methyl sites for hydroxylation is 1. The Kier molecular flexibility index (Phi) is 6.52. The average molecular weight is 260 g/mol. The fourth-order valence-corrected chi connectivity index (χ4v) is 2.31. The van der Waals surface area contributed by atoms with Crippen molar-refractivity contribution in [3.05, 3.63) is 11.7 Å². The highest BCUT2D eigenvalue weighted by Gasteiger charge is 2.11. The van der Waals surface area contributed by atoms with E-state index < -0.39 is 0 Å². The third-order valence-electron chi connectivity index (χ3n) is 3.20. The fourth-order valence-electron chi connectivity index (χ4n) is 2.31. The summed E-state index contributed by atoms with van der Waals surface area (Å²) < 4.78 is 5.08. The van der Waals surface area contributed by atoms with Gasteiger partial charge in [0, 0.05) is 19.0 Å². The topological polar surface area (TPSA) is 51.0 Å². The van der Waals surface area contributed by atoms with E-state index in [1.807, 2.05) is 6.92 Å². The number of hydrogen-bond acceptors (Lipinski definition) is 4. The number of aromatic nitrogens is 2. The van der Waals surface area contributed by atoms with E-state index >= 15 is 0 Å². The highest BCUT2D eigenvalue weighted by molar-refractivity contribution is 5.85. The molecule has 17 heavy (non-hydrogen) atoms. The van der Waals surface area contributed by atoms with Gasteiger partial charge < -0.3 is 9.84 Å². The van der Waals surface area contributed by atoms with Crippen LogP contribution in [0.5, 0.6) is 0 Å². The van der Waals surface area contributed by atoms with Gasteiger partial charge in [-0.1, -0.05) is 30.8 Å². The minimum absolute atomic E-state index is 0. The molecule has 1 aromatic heterocycles. The third-order valence-corrected chi connectivity index (χ3v) is 3.20. The van der Waals surface area contributed by atoms with Crippen LogP contribution < -0.4 is 5.32 Å². The molecule has 4 nitrogen and oxygen atoms in total. The van der Waals surface area contributed by atoms with Gasteiger partial charge in [-0.05, 0) is 19.8 Å². The van der Waals surface area contributed by atoms with Crippen LogP contribution in [-0.2, 0) is 6.42 Å². The minimum Gasteiger partial charge on any atom is -0.339 e. The van der Waals surface area contributed by atoms with Crippen molar-refractivity contribution in [1.82, 2.24) is 15.5 Å². The standard InChI is InChI=1S/C12H21N3O.ClH/c1-10-14-12(16-15-10)8-9-13-11-6-4-2-3-5-7-11;/h11,13H,2-9H2,1H3;1H. The first kappa shape index (κ1) is 14.5. The maximum atomic E-state index is 5.08. The maximum Gasteiger partial charge on any atom is 0.227 e. The van der Waals surface area contributed by atoms with E-state index in [0.717, 1.165) is 24.7 Å². The van der Waals surface area contributed by atoms with Crippen LogP contribution in [-0.4, -0.2) is 22.7 Å². The number of nitrogens with zero attached hydrogens (tertiary/aromatic N) is 2. The molecule has 0 radical (unpaired) electrons. The Morgan fingerprint density at radius 2 is 1.94 bits per heavy atom. The van der Waals surface area contributed by atoms with E-state index in [4.69, 9.17) is 4.52 Å². The van der Waals surface area contributed by atoms with Gasteiger partial charge in [-0.15, -0.1) is 12.4 Å². The summed E-state index contributed by atoms with van der Waals surface area (Å²) in [6, 6.07) is 0.700. The molecule has 0 spiro atoms. The smallest absolute Gasteiger partial charge is 0.227 e. The molecule has 0 aromatic carbocycles. The van der Waals surface area contributed by atoms with Crippen LogP contribution in [0.3, 0.4) is 0 Å². The average Bonchev–Trinajstić information content (AvgIpc) is 2.54. The lowest BCUT2D eigenvalue weighted by Gasteiger charge is -2.14. The van der Waals surface area contributed by atoms with Crippen LogP contribution in [0.2, 0.25) is 0 Å². The van der Waals surface area contributed by atoms with Gasteiger partial charge in [0.1, 0.15) is 0 Å². The van der Waals surface area contributed by atoms with Crippen molar-refractivity contribution in [2.45, 2.75) is 57.9 Å². The van der Waals surface area contributed by atoms with Crippen LogP contribution >= 0.6 is 12.4 Å². The molecule has 1 aromatic rings. The summed E-state index contributed by atoms with van der Waals surface area (Å²) in [5.41, 5.74) is 0. The number of rotatable bonds is 4. The summed E-state index contributed by atoms with van der Waals surface area (Å²) in [6.45, 7) is 2.80. The SMILES string of the molecule is Cc1noc(CCNC2CCCCCC2)n1.Cl. The molecule has 0 amide bonds. The molecule has 1 aliphatic rings. The molecule has 0 bridgehead atoms.